The third-order valence-electron chi connectivity index (χ3n) is 2.41. The zero-order chi connectivity index (χ0) is 13.3. The van der Waals surface area contributed by atoms with Gasteiger partial charge >= 0.3 is 5.97 Å². The predicted octanol–water partition coefficient (Wildman–Crippen LogP) is 1.52. The third-order valence-corrected chi connectivity index (χ3v) is 5.95. The van der Waals surface area contributed by atoms with Gasteiger partial charge in [0.15, 0.2) is 4.67 Å². The fraction of sp³-hybridized carbons (Fsp3) is 0.444. The Labute approximate surface area is 116 Å². The number of furan rings is 1. The molecule has 1 saturated heterocycles. The van der Waals surface area contributed by atoms with Gasteiger partial charge < -0.3 is 9.52 Å². The van der Waals surface area contributed by atoms with Crippen LogP contribution in [0.25, 0.3) is 0 Å². The summed E-state index contributed by atoms with van der Waals surface area (Å²) in [5.74, 6) is -0.0859. The highest BCUT2D eigenvalue weighted by Crippen LogP contribution is 2.27. The van der Waals surface area contributed by atoms with E-state index in [9.17, 15) is 13.2 Å². The maximum atomic E-state index is 12.0. The number of hydrogen-bond donors (Lipinski definition) is 2. The highest BCUT2D eigenvalue weighted by Gasteiger charge is 2.28. The van der Waals surface area contributed by atoms with Gasteiger partial charge in [0.2, 0.25) is 15.8 Å². The van der Waals surface area contributed by atoms with Crippen molar-refractivity contribution in [3.63, 3.8) is 0 Å². The number of sulfonamides is 1. The SMILES string of the molecule is O=C(O)c1cc(S(=O)(=O)NC2CCSC2)c(Br)o1. The van der Waals surface area contributed by atoms with E-state index in [0.29, 0.717) is 0 Å². The summed E-state index contributed by atoms with van der Waals surface area (Å²) >= 11 is 4.59. The Balaban J connectivity index is 2.26. The van der Waals surface area contributed by atoms with Crippen LogP contribution in [0.4, 0.5) is 0 Å². The second kappa shape index (κ2) is 5.24. The van der Waals surface area contributed by atoms with Gasteiger partial charge in [-0.1, -0.05) is 0 Å². The lowest BCUT2D eigenvalue weighted by Crippen LogP contribution is -2.34. The standard InChI is InChI=1S/C9H10BrNO5S2/c10-8-7(3-6(16-8)9(12)13)18(14,15)11-5-1-2-17-4-5/h3,5,11H,1-2,4H2,(H,12,13). The molecule has 100 valence electrons. The van der Waals surface area contributed by atoms with E-state index in [0.717, 1.165) is 24.0 Å². The molecule has 1 atom stereocenters. The van der Waals surface area contributed by atoms with Gasteiger partial charge in [-0.05, 0) is 28.1 Å². The molecule has 9 heteroatoms. The summed E-state index contributed by atoms with van der Waals surface area (Å²) in [4.78, 5) is 10.5. The van der Waals surface area contributed by atoms with Crippen LogP contribution >= 0.6 is 27.7 Å². The number of halogens is 1. The second-order valence-electron chi connectivity index (χ2n) is 3.74. The van der Waals surface area contributed by atoms with Crippen LogP contribution < -0.4 is 4.72 Å². The van der Waals surface area contributed by atoms with Crippen molar-refractivity contribution in [1.29, 1.82) is 0 Å². The van der Waals surface area contributed by atoms with E-state index in [1.54, 1.807) is 11.8 Å². The van der Waals surface area contributed by atoms with Gasteiger partial charge in [-0.2, -0.15) is 11.8 Å². The Hall–Kier alpha value is -0.510. The van der Waals surface area contributed by atoms with Crippen molar-refractivity contribution in [3.05, 3.63) is 16.5 Å². The molecule has 0 saturated carbocycles. The number of thioether (sulfide) groups is 1. The fourth-order valence-corrected chi connectivity index (χ4v) is 5.02. The van der Waals surface area contributed by atoms with Crippen LogP contribution in [0, 0.1) is 0 Å². The zero-order valence-electron chi connectivity index (χ0n) is 9.05. The van der Waals surface area contributed by atoms with Gasteiger partial charge in [0.1, 0.15) is 4.90 Å². The van der Waals surface area contributed by atoms with Crippen molar-refractivity contribution >= 4 is 43.7 Å². The van der Waals surface area contributed by atoms with E-state index >= 15 is 0 Å². The van der Waals surface area contributed by atoms with Gasteiger partial charge in [0, 0.05) is 17.9 Å². The van der Waals surface area contributed by atoms with E-state index in [1.807, 2.05) is 0 Å². The molecule has 1 aliphatic rings. The largest absolute Gasteiger partial charge is 0.475 e. The number of carbonyl (C=O) groups is 1. The Morgan fingerprint density at radius 2 is 2.33 bits per heavy atom. The average molecular weight is 356 g/mol. The van der Waals surface area contributed by atoms with E-state index in [2.05, 4.69) is 20.7 Å². The van der Waals surface area contributed by atoms with E-state index in [-0.39, 0.29) is 15.6 Å². The molecule has 0 spiro atoms. The Kier molecular flexibility index (Phi) is 4.05. The molecule has 1 unspecified atom stereocenters. The summed E-state index contributed by atoms with van der Waals surface area (Å²) in [6.45, 7) is 0. The Morgan fingerprint density at radius 1 is 1.61 bits per heavy atom. The summed E-state index contributed by atoms with van der Waals surface area (Å²) in [6, 6.07) is 0.881. The monoisotopic (exact) mass is 355 g/mol. The summed E-state index contributed by atoms with van der Waals surface area (Å²) < 4.78 is 31.3. The van der Waals surface area contributed by atoms with Crippen LogP contribution in [-0.2, 0) is 10.0 Å². The Morgan fingerprint density at radius 3 is 2.83 bits per heavy atom. The summed E-state index contributed by atoms with van der Waals surface area (Å²) in [5, 5.41) is 8.74. The molecule has 0 radical (unpaired) electrons. The second-order valence-corrected chi connectivity index (χ2v) is 7.29. The number of nitrogens with one attached hydrogen (secondary N) is 1. The van der Waals surface area contributed by atoms with Crippen molar-refractivity contribution in [2.75, 3.05) is 11.5 Å². The summed E-state index contributed by atoms with van der Waals surface area (Å²) in [6.07, 6.45) is 0.769. The van der Waals surface area contributed by atoms with E-state index in [1.165, 1.54) is 0 Å². The quantitative estimate of drug-likeness (QED) is 0.849. The number of aromatic carboxylic acids is 1. The maximum absolute atomic E-state index is 12.0. The smallest absolute Gasteiger partial charge is 0.371 e. The van der Waals surface area contributed by atoms with Gasteiger partial charge in [-0.15, -0.1) is 0 Å². The van der Waals surface area contributed by atoms with Crippen LogP contribution in [0.1, 0.15) is 17.0 Å². The molecule has 18 heavy (non-hydrogen) atoms. The van der Waals surface area contributed by atoms with Crippen LogP contribution in [0.2, 0.25) is 0 Å². The number of rotatable bonds is 4. The van der Waals surface area contributed by atoms with E-state index < -0.39 is 21.8 Å². The van der Waals surface area contributed by atoms with Gasteiger partial charge in [-0.3, -0.25) is 0 Å². The topological polar surface area (TPSA) is 96.6 Å². The highest BCUT2D eigenvalue weighted by molar-refractivity contribution is 9.10. The molecule has 1 aromatic heterocycles. The normalized spacial score (nSPS) is 20.2. The Bertz CT molecular complexity index is 562. The van der Waals surface area contributed by atoms with Crippen LogP contribution in [-0.4, -0.2) is 37.0 Å². The van der Waals surface area contributed by atoms with Crippen LogP contribution in [0.15, 0.2) is 20.0 Å². The summed E-state index contributed by atoms with van der Waals surface area (Å²) in [5.41, 5.74) is 0. The molecule has 1 aliphatic heterocycles. The molecule has 0 aromatic carbocycles. The molecule has 0 amide bonds. The molecular formula is C9H10BrNO5S2. The molecule has 1 aromatic rings. The lowest BCUT2D eigenvalue weighted by molar-refractivity contribution is 0.0661. The minimum atomic E-state index is -3.75. The van der Waals surface area contributed by atoms with E-state index in [4.69, 9.17) is 9.52 Å². The fourth-order valence-electron chi connectivity index (χ4n) is 1.55. The first-order valence-corrected chi connectivity index (χ1v) is 8.46. The number of carboxylic acid groups (broad SMARTS) is 1. The summed E-state index contributed by atoms with van der Waals surface area (Å²) in [7, 11) is -3.75. The molecule has 0 aliphatic carbocycles. The van der Waals surface area contributed by atoms with Crippen molar-refractivity contribution in [3.8, 4) is 0 Å². The lowest BCUT2D eigenvalue weighted by Gasteiger charge is -2.10. The minimum absolute atomic E-state index is 0.0990. The maximum Gasteiger partial charge on any atom is 0.371 e. The van der Waals surface area contributed by atoms with Crippen LogP contribution in [0.3, 0.4) is 0 Å². The number of carboxylic acids is 1. The first-order chi connectivity index (χ1) is 8.40. The minimum Gasteiger partial charge on any atom is -0.475 e. The van der Waals surface area contributed by atoms with Crippen molar-refractivity contribution in [1.82, 2.24) is 4.72 Å². The molecule has 1 fully saturated rings. The van der Waals surface area contributed by atoms with Crippen molar-refractivity contribution < 1.29 is 22.7 Å². The molecule has 6 nitrogen and oxygen atoms in total. The third kappa shape index (κ3) is 2.90. The van der Waals surface area contributed by atoms with Gasteiger partial charge in [0.05, 0.1) is 0 Å². The predicted molar refractivity (Wildman–Crippen MR) is 69.4 cm³/mol. The first-order valence-electron chi connectivity index (χ1n) is 5.03. The molecule has 0 bridgehead atoms. The van der Waals surface area contributed by atoms with Crippen molar-refractivity contribution in [2.45, 2.75) is 17.4 Å². The molecule has 2 N–H and O–H groups in total. The number of hydrogen-bond acceptors (Lipinski definition) is 5. The molecular weight excluding hydrogens is 346 g/mol. The molecule has 2 rings (SSSR count). The van der Waals surface area contributed by atoms with Crippen molar-refractivity contribution in [2.24, 2.45) is 0 Å². The van der Waals surface area contributed by atoms with Gasteiger partial charge in [-0.25, -0.2) is 17.9 Å². The lowest BCUT2D eigenvalue weighted by atomic mass is 10.3. The first kappa shape index (κ1) is 13.9. The van der Waals surface area contributed by atoms with Crippen LogP contribution in [0.5, 0.6) is 0 Å². The molecule has 2 heterocycles. The van der Waals surface area contributed by atoms with Gasteiger partial charge in [0.25, 0.3) is 0 Å². The average Bonchev–Trinajstić information content (AvgIpc) is 2.86. The zero-order valence-corrected chi connectivity index (χ0v) is 12.3. The highest BCUT2D eigenvalue weighted by atomic mass is 79.9.